The Morgan fingerprint density at radius 2 is 1.25 bits per heavy atom. The quantitative estimate of drug-likeness (QED) is 0.493. The van der Waals surface area contributed by atoms with Crippen molar-refractivity contribution in [3.8, 4) is 0 Å². The van der Waals surface area contributed by atoms with Crippen LogP contribution in [0.2, 0.25) is 0 Å². The van der Waals surface area contributed by atoms with Gasteiger partial charge in [-0.15, -0.1) is 0 Å². The van der Waals surface area contributed by atoms with Crippen molar-refractivity contribution in [2.75, 3.05) is 11.5 Å². The number of hydrogen-bond donors (Lipinski definition) is 0. The van der Waals surface area contributed by atoms with E-state index < -0.39 is 6.16 Å². The van der Waals surface area contributed by atoms with E-state index >= 15 is 0 Å². The Balaban J connectivity index is 3.31. The van der Waals surface area contributed by atoms with Gasteiger partial charge in [0.2, 0.25) is 0 Å². The number of carbonyl (C=O) groups is 3. The smallest absolute Gasteiger partial charge is 0.359 e. The maximum Gasteiger partial charge on any atom is 0.533 e. The number of hydrogen-bond acceptors (Lipinski definition) is 7. The van der Waals surface area contributed by atoms with Crippen molar-refractivity contribution < 1.29 is 22.7 Å². The number of carbonyl (C=O) groups excluding carboxylic acids is 3. The minimum Gasteiger partial charge on any atom is -0.359 e. The van der Waals surface area contributed by atoms with Crippen LogP contribution in [0.5, 0.6) is 0 Å². The van der Waals surface area contributed by atoms with Crippen LogP contribution in [0.1, 0.15) is 26.7 Å². The summed E-state index contributed by atoms with van der Waals surface area (Å²) < 4.78 is 9.19. The van der Waals surface area contributed by atoms with Crippen molar-refractivity contribution in [2.45, 2.75) is 26.7 Å². The van der Waals surface area contributed by atoms with E-state index in [1.165, 1.54) is 13.8 Å². The van der Waals surface area contributed by atoms with Crippen LogP contribution in [0.25, 0.3) is 0 Å². The molecular weight excluding hydrogens is 252 g/mol. The Hall–Kier alpha value is -0.690. The van der Waals surface area contributed by atoms with Gasteiger partial charge < -0.3 is 8.37 Å². The molecule has 0 aliphatic heterocycles. The lowest BCUT2D eigenvalue weighted by atomic mass is 10.4. The lowest BCUT2D eigenvalue weighted by Crippen LogP contribution is -2.01. The van der Waals surface area contributed by atoms with Gasteiger partial charge in [-0.2, -0.15) is 0 Å². The Morgan fingerprint density at radius 3 is 1.56 bits per heavy atom. The highest BCUT2D eigenvalue weighted by atomic mass is 32.2. The Morgan fingerprint density at radius 1 is 0.875 bits per heavy atom. The van der Waals surface area contributed by atoms with Crippen LogP contribution < -0.4 is 0 Å². The van der Waals surface area contributed by atoms with E-state index in [9.17, 15) is 14.4 Å². The van der Waals surface area contributed by atoms with E-state index in [0.29, 0.717) is 24.3 Å². The predicted molar refractivity (Wildman–Crippen MR) is 63.1 cm³/mol. The van der Waals surface area contributed by atoms with Gasteiger partial charge in [0.1, 0.15) is 11.6 Å². The van der Waals surface area contributed by atoms with E-state index in [-0.39, 0.29) is 11.6 Å². The van der Waals surface area contributed by atoms with E-state index in [1.807, 2.05) is 0 Å². The third kappa shape index (κ3) is 11.4. The molecule has 0 radical (unpaired) electrons. The fraction of sp³-hybridized carbons (Fsp3) is 0.667. The third-order valence-corrected chi connectivity index (χ3v) is 2.58. The first-order valence-electron chi connectivity index (χ1n) is 4.64. The molecule has 5 nitrogen and oxygen atoms in total. The van der Waals surface area contributed by atoms with Crippen LogP contribution in [-0.4, -0.2) is 29.2 Å². The topological polar surface area (TPSA) is 69.7 Å². The number of ketones is 2. The first-order chi connectivity index (χ1) is 7.52. The van der Waals surface area contributed by atoms with Gasteiger partial charge in [0.15, 0.2) is 0 Å². The minimum absolute atomic E-state index is 0.0419. The van der Waals surface area contributed by atoms with Gasteiger partial charge in [-0.1, -0.05) is 0 Å². The highest BCUT2D eigenvalue weighted by molar-refractivity contribution is 7.96. The van der Waals surface area contributed by atoms with Crippen LogP contribution >= 0.6 is 24.1 Å². The average molecular weight is 266 g/mol. The summed E-state index contributed by atoms with van der Waals surface area (Å²) in [5.74, 6) is 0.922. The normalized spacial score (nSPS) is 9.62. The van der Waals surface area contributed by atoms with Crippen LogP contribution in [0, 0.1) is 0 Å². The van der Waals surface area contributed by atoms with Crippen LogP contribution in [0.3, 0.4) is 0 Å². The largest absolute Gasteiger partial charge is 0.533 e. The summed E-state index contributed by atoms with van der Waals surface area (Å²) in [6.45, 7) is 2.94. The van der Waals surface area contributed by atoms with Gasteiger partial charge in [0, 0.05) is 24.3 Å². The SMILES string of the molecule is CC(=O)CCSOC(=O)OSCCC(C)=O. The molecule has 0 heterocycles. The molecule has 0 saturated carbocycles. The predicted octanol–water partition coefficient (Wildman–Crippen LogP) is 2.39. The van der Waals surface area contributed by atoms with E-state index in [2.05, 4.69) is 8.37 Å². The average Bonchev–Trinajstić information content (AvgIpc) is 2.19. The maximum atomic E-state index is 10.9. The van der Waals surface area contributed by atoms with E-state index in [1.54, 1.807) is 0 Å². The van der Waals surface area contributed by atoms with Crippen LogP contribution in [0.15, 0.2) is 0 Å². The molecule has 0 unspecified atom stereocenters. The summed E-state index contributed by atoms with van der Waals surface area (Å²) in [5, 5.41) is 0. The zero-order valence-electron chi connectivity index (χ0n) is 9.19. The van der Waals surface area contributed by atoms with Gasteiger partial charge in [0.25, 0.3) is 0 Å². The first kappa shape index (κ1) is 15.3. The van der Waals surface area contributed by atoms with E-state index in [0.717, 1.165) is 24.1 Å². The lowest BCUT2D eigenvalue weighted by molar-refractivity contribution is -0.117. The fourth-order valence-corrected chi connectivity index (χ4v) is 1.78. The molecule has 0 rings (SSSR count). The van der Waals surface area contributed by atoms with Crippen LogP contribution in [-0.2, 0) is 18.0 Å². The van der Waals surface area contributed by atoms with Crippen molar-refractivity contribution >= 4 is 41.8 Å². The van der Waals surface area contributed by atoms with Crippen molar-refractivity contribution in [1.29, 1.82) is 0 Å². The molecule has 0 spiro atoms. The minimum atomic E-state index is -0.817. The Bertz CT molecular complexity index is 230. The molecule has 0 saturated heterocycles. The van der Waals surface area contributed by atoms with Crippen molar-refractivity contribution in [1.82, 2.24) is 0 Å². The second kappa shape index (κ2) is 9.53. The molecule has 7 heteroatoms. The molecule has 0 aliphatic rings. The highest BCUT2D eigenvalue weighted by Crippen LogP contribution is 2.12. The molecule has 0 aliphatic carbocycles. The van der Waals surface area contributed by atoms with Gasteiger partial charge in [-0.25, -0.2) is 4.79 Å². The Kier molecular flexibility index (Phi) is 9.12. The molecule has 0 fully saturated rings. The molecular formula is C9H14O5S2. The van der Waals surface area contributed by atoms with Crippen molar-refractivity contribution in [2.24, 2.45) is 0 Å². The molecule has 0 amide bonds. The molecule has 16 heavy (non-hydrogen) atoms. The molecule has 92 valence electrons. The molecule has 0 atom stereocenters. The molecule has 0 bridgehead atoms. The fourth-order valence-electron chi connectivity index (χ4n) is 0.564. The summed E-state index contributed by atoms with van der Waals surface area (Å²) in [6, 6.07) is 0. The number of rotatable bonds is 8. The van der Waals surface area contributed by atoms with Crippen molar-refractivity contribution in [3.63, 3.8) is 0 Å². The lowest BCUT2D eigenvalue weighted by Gasteiger charge is -2.01. The molecule has 0 N–H and O–H groups in total. The zero-order chi connectivity index (χ0) is 12.4. The summed E-state index contributed by atoms with van der Waals surface area (Å²) in [4.78, 5) is 32.0. The molecule has 0 aromatic carbocycles. The van der Waals surface area contributed by atoms with Crippen LogP contribution in [0.4, 0.5) is 4.79 Å². The summed E-state index contributed by atoms with van der Waals surface area (Å²) in [5.41, 5.74) is 0. The van der Waals surface area contributed by atoms with Gasteiger partial charge in [0.05, 0.1) is 24.1 Å². The van der Waals surface area contributed by atoms with Gasteiger partial charge in [-0.3, -0.25) is 9.59 Å². The monoisotopic (exact) mass is 266 g/mol. The third-order valence-electron chi connectivity index (χ3n) is 1.33. The zero-order valence-corrected chi connectivity index (χ0v) is 10.8. The standard InChI is InChI=1S/C9H14O5S2/c1-7(10)3-5-15-13-9(12)14-16-6-4-8(2)11/h3-6H2,1-2H3. The second-order valence-electron chi connectivity index (χ2n) is 2.96. The number of Topliss-reactive ketones (excluding diaryl/α,β-unsaturated/α-hetero) is 2. The summed E-state index contributed by atoms with van der Waals surface area (Å²) >= 11 is 1.76. The van der Waals surface area contributed by atoms with E-state index in [4.69, 9.17) is 0 Å². The summed E-state index contributed by atoms with van der Waals surface area (Å²) in [7, 11) is 0. The highest BCUT2D eigenvalue weighted by Gasteiger charge is 2.06. The molecule has 0 aromatic heterocycles. The van der Waals surface area contributed by atoms with Gasteiger partial charge in [-0.05, 0) is 13.8 Å². The Labute approximate surface area is 103 Å². The summed E-state index contributed by atoms with van der Waals surface area (Å²) in [6.07, 6.45) is -0.104. The first-order valence-corrected chi connectivity index (χ1v) is 6.46. The second-order valence-corrected chi connectivity index (χ2v) is 4.59. The maximum absolute atomic E-state index is 10.9. The van der Waals surface area contributed by atoms with Crippen molar-refractivity contribution in [3.05, 3.63) is 0 Å². The van der Waals surface area contributed by atoms with Gasteiger partial charge >= 0.3 is 6.16 Å². The molecule has 0 aromatic rings.